The minimum Gasteiger partial charge on any atom is -0.443 e. The Hall–Kier alpha value is -1.51. The summed E-state index contributed by atoms with van der Waals surface area (Å²) in [7, 11) is 0. The molecule has 2 N–H and O–H groups in total. The highest BCUT2D eigenvalue weighted by Crippen LogP contribution is 2.08. The van der Waals surface area contributed by atoms with Gasteiger partial charge in [0.25, 0.3) is 0 Å². The van der Waals surface area contributed by atoms with E-state index in [0.717, 1.165) is 0 Å². The molecule has 1 aromatic rings. The van der Waals surface area contributed by atoms with E-state index in [-0.39, 0.29) is 0 Å². The van der Waals surface area contributed by atoms with Gasteiger partial charge in [-0.25, -0.2) is 4.98 Å². The Labute approximate surface area is 58.9 Å². The molecule has 1 aromatic heterocycles. The number of nitrogens with two attached hydrogens (primary N) is 1. The van der Waals surface area contributed by atoms with Crippen LogP contribution >= 0.6 is 0 Å². The molecule has 0 saturated heterocycles. The zero-order chi connectivity index (χ0) is 7.40. The molecule has 0 amide bonds. The molecule has 0 fully saturated rings. The summed E-state index contributed by atoms with van der Waals surface area (Å²) in [6.45, 7) is 3.55. The van der Waals surface area contributed by atoms with Crippen molar-refractivity contribution in [1.29, 1.82) is 0 Å². The van der Waals surface area contributed by atoms with E-state index in [2.05, 4.69) is 11.6 Å². The van der Waals surface area contributed by atoms with Crippen LogP contribution in [0, 0.1) is 0 Å². The molecule has 0 aromatic carbocycles. The van der Waals surface area contributed by atoms with Gasteiger partial charge in [-0.1, -0.05) is 6.58 Å². The quantitative estimate of drug-likeness (QED) is 0.665. The molecular formula is C7H8N2O. The third kappa shape index (κ3) is 1.07. The Morgan fingerprint density at radius 1 is 1.70 bits per heavy atom. The molecular weight excluding hydrogens is 128 g/mol. The average molecular weight is 136 g/mol. The number of nitrogens with zero attached hydrogens (tertiary/aromatic N) is 1. The molecule has 1 rings (SSSR count). The van der Waals surface area contributed by atoms with Crippen molar-refractivity contribution >= 4 is 12.2 Å². The Morgan fingerprint density at radius 3 is 3.10 bits per heavy atom. The van der Waals surface area contributed by atoms with Crippen LogP contribution in [0.25, 0.3) is 12.2 Å². The molecule has 3 heteroatoms. The van der Waals surface area contributed by atoms with Crippen molar-refractivity contribution in [2.75, 3.05) is 0 Å². The summed E-state index contributed by atoms with van der Waals surface area (Å²) in [5.41, 5.74) is 5.85. The zero-order valence-corrected chi connectivity index (χ0v) is 5.45. The average Bonchev–Trinajstić information content (AvgIpc) is 2.36. The third-order valence-electron chi connectivity index (χ3n) is 1.06. The van der Waals surface area contributed by atoms with Gasteiger partial charge >= 0.3 is 0 Å². The fraction of sp³-hybridized carbons (Fsp3) is 0. The van der Waals surface area contributed by atoms with Gasteiger partial charge in [0.1, 0.15) is 5.69 Å². The Morgan fingerprint density at radius 2 is 2.50 bits per heavy atom. The second-order valence-corrected chi connectivity index (χ2v) is 1.67. The lowest BCUT2D eigenvalue weighted by molar-refractivity contribution is 0.548. The summed E-state index contributed by atoms with van der Waals surface area (Å²) in [6, 6.07) is 0. The van der Waals surface area contributed by atoms with Gasteiger partial charge in [-0.2, -0.15) is 0 Å². The number of hydrogen-bond donors (Lipinski definition) is 1. The van der Waals surface area contributed by atoms with Crippen LogP contribution in [0.1, 0.15) is 11.5 Å². The highest BCUT2D eigenvalue weighted by atomic mass is 16.3. The minimum absolute atomic E-state index is 0.637. The lowest BCUT2D eigenvalue weighted by Gasteiger charge is -1.83. The van der Waals surface area contributed by atoms with Crippen LogP contribution in [-0.4, -0.2) is 4.98 Å². The maximum Gasteiger partial charge on any atom is 0.181 e. The summed E-state index contributed by atoms with van der Waals surface area (Å²) in [6.07, 6.45) is 5.99. The fourth-order valence-electron chi connectivity index (χ4n) is 0.629. The largest absolute Gasteiger partial charge is 0.443 e. The summed E-state index contributed by atoms with van der Waals surface area (Å²) in [5, 5.41) is 0. The van der Waals surface area contributed by atoms with Crippen molar-refractivity contribution in [3.8, 4) is 0 Å². The monoisotopic (exact) mass is 136 g/mol. The Balaban J connectivity index is 3.00. The molecule has 1 heterocycles. The van der Waals surface area contributed by atoms with Gasteiger partial charge < -0.3 is 10.2 Å². The molecule has 0 aliphatic heterocycles. The summed E-state index contributed by atoms with van der Waals surface area (Å²) in [4.78, 5) is 3.86. The maximum absolute atomic E-state index is 5.14. The molecule has 0 atom stereocenters. The number of hydrogen-bond acceptors (Lipinski definition) is 3. The highest BCUT2D eigenvalue weighted by Gasteiger charge is 1.97. The first-order valence-electron chi connectivity index (χ1n) is 2.82. The van der Waals surface area contributed by atoms with E-state index in [1.54, 1.807) is 12.2 Å². The second-order valence-electron chi connectivity index (χ2n) is 1.67. The van der Waals surface area contributed by atoms with Crippen molar-refractivity contribution in [1.82, 2.24) is 4.98 Å². The van der Waals surface area contributed by atoms with Gasteiger partial charge in [0.05, 0.1) is 0 Å². The van der Waals surface area contributed by atoms with Crippen molar-refractivity contribution in [2.45, 2.75) is 0 Å². The van der Waals surface area contributed by atoms with Crippen LogP contribution in [0.4, 0.5) is 0 Å². The van der Waals surface area contributed by atoms with E-state index >= 15 is 0 Å². The highest BCUT2D eigenvalue weighted by molar-refractivity contribution is 5.56. The molecule has 10 heavy (non-hydrogen) atoms. The standard InChI is InChI=1S/C7H8N2O/c1-2-6-7(3-4-8)10-5-9-6/h2-5H,1,8H2/b4-3-. The van der Waals surface area contributed by atoms with Crippen LogP contribution in [-0.2, 0) is 0 Å². The van der Waals surface area contributed by atoms with E-state index in [1.807, 2.05) is 0 Å². The van der Waals surface area contributed by atoms with Gasteiger partial charge in [0.2, 0.25) is 0 Å². The minimum atomic E-state index is 0.637. The molecule has 3 nitrogen and oxygen atoms in total. The van der Waals surface area contributed by atoms with Gasteiger partial charge in [-0.05, 0) is 18.4 Å². The Kier molecular flexibility index (Phi) is 1.89. The summed E-state index contributed by atoms with van der Waals surface area (Å²) >= 11 is 0. The van der Waals surface area contributed by atoms with Gasteiger partial charge in [0, 0.05) is 0 Å². The summed E-state index contributed by atoms with van der Waals surface area (Å²) < 4.78 is 4.95. The second kappa shape index (κ2) is 2.87. The van der Waals surface area contributed by atoms with E-state index in [1.165, 1.54) is 12.6 Å². The molecule has 0 spiro atoms. The predicted molar refractivity (Wildman–Crippen MR) is 39.8 cm³/mol. The smallest absolute Gasteiger partial charge is 0.181 e. The normalized spacial score (nSPS) is 10.4. The van der Waals surface area contributed by atoms with E-state index in [4.69, 9.17) is 10.2 Å². The maximum atomic E-state index is 5.14. The lowest BCUT2D eigenvalue weighted by atomic mass is 10.3. The van der Waals surface area contributed by atoms with Crippen LogP contribution in [0.2, 0.25) is 0 Å². The van der Waals surface area contributed by atoms with Crippen molar-refractivity contribution < 1.29 is 4.42 Å². The number of aromatic nitrogens is 1. The van der Waals surface area contributed by atoms with Gasteiger partial charge in [-0.3, -0.25) is 0 Å². The van der Waals surface area contributed by atoms with Gasteiger partial charge in [0.15, 0.2) is 12.2 Å². The van der Waals surface area contributed by atoms with Crippen LogP contribution in [0.15, 0.2) is 23.6 Å². The fourth-order valence-corrected chi connectivity index (χ4v) is 0.629. The predicted octanol–water partition coefficient (Wildman–Crippen LogP) is 1.25. The molecule has 52 valence electrons. The molecule has 0 saturated carbocycles. The summed E-state index contributed by atoms with van der Waals surface area (Å²) in [5.74, 6) is 0.637. The SMILES string of the molecule is C=Cc1ncoc1/C=C\N. The van der Waals surface area contributed by atoms with Gasteiger partial charge in [-0.15, -0.1) is 0 Å². The molecule has 0 radical (unpaired) electrons. The Bertz CT molecular complexity index is 250. The molecule has 0 unspecified atom stereocenters. The lowest BCUT2D eigenvalue weighted by Crippen LogP contribution is -1.78. The van der Waals surface area contributed by atoms with Crippen molar-refractivity contribution in [2.24, 2.45) is 5.73 Å². The van der Waals surface area contributed by atoms with E-state index in [9.17, 15) is 0 Å². The van der Waals surface area contributed by atoms with Crippen LogP contribution in [0.3, 0.4) is 0 Å². The first-order valence-corrected chi connectivity index (χ1v) is 2.82. The third-order valence-corrected chi connectivity index (χ3v) is 1.06. The number of oxazole rings is 1. The van der Waals surface area contributed by atoms with Crippen molar-refractivity contribution in [3.05, 3.63) is 30.6 Å². The molecule has 0 aliphatic rings. The zero-order valence-electron chi connectivity index (χ0n) is 5.45. The first-order chi connectivity index (χ1) is 4.88. The topological polar surface area (TPSA) is 52.0 Å². The van der Waals surface area contributed by atoms with E-state index in [0.29, 0.717) is 11.5 Å². The van der Waals surface area contributed by atoms with E-state index < -0.39 is 0 Å². The van der Waals surface area contributed by atoms with Crippen molar-refractivity contribution in [3.63, 3.8) is 0 Å². The molecule has 0 bridgehead atoms. The van der Waals surface area contributed by atoms with Crippen LogP contribution in [0.5, 0.6) is 0 Å². The van der Waals surface area contributed by atoms with Crippen LogP contribution < -0.4 is 5.73 Å². The molecule has 0 aliphatic carbocycles. The first kappa shape index (κ1) is 6.61. The number of rotatable bonds is 2.